The largest absolute Gasteiger partial charge is 0.507 e. The van der Waals surface area contributed by atoms with Crippen LogP contribution >= 0.6 is 0 Å². The number of benzene rings is 8. The van der Waals surface area contributed by atoms with Crippen molar-refractivity contribution in [2.75, 3.05) is 0 Å². The molecule has 2 N–H and O–H groups in total. The van der Waals surface area contributed by atoms with Gasteiger partial charge in [-0.15, -0.1) is 0 Å². The Morgan fingerprint density at radius 1 is 0.364 bits per heavy atom. The van der Waals surface area contributed by atoms with Crippen LogP contribution in [0, 0.1) is 0 Å². The molecule has 1 aliphatic carbocycles. The Kier molecular flexibility index (Phi) is 8.69. The molecule has 55 heavy (non-hydrogen) atoms. The lowest BCUT2D eigenvalue weighted by molar-refractivity contribution is 0.474. The second-order valence-corrected chi connectivity index (χ2v) is 13.7. The number of phenols is 2. The molecular weight excluding hydrogens is 673 g/mol. The van der Waals surface area contributed by atoms with Gasteiger partial charge < -0.3 is 10.2 Å². The molecule has 0 spiro atoms. The first-order chi connectivity index (χ1) is 27.1. The lowest BCUT2D eigenvalue weighted by Crippen LogP contribution is -2.28. The van der Waals surface area contributed by atoms with E-state index >= 15 is 0 Å². The molecule has 0 aliphatic heterocycles. The van der Waals surface area contributed by atoms with Gasteiger partial charge in [0.1, 0.15) is 11.5 Å². The molecule has 0 aromatic heterocycles. The van der Waals surface area contributed by atoms with Crippen LogP contribution in [-0.4, -0.2) is 22.6 Å². The van der Waals surface area contributed by atoms with Gasteiger partial charge in [-0.2, -0.15) is 0 Å². The molecule has 0 bridgehead atoms. The summed E-state index contributed by atoms with van der Waals surface area (Å²) in [7, 11) is 0. The molecule has 0 radical (unpaired) electrons. The van der Waals surface area contributed by atoms with Gasteiger partial charge in [-0.05, 0) is 104 Å². The van der Waals surface area contributed by atoms with Crippen LogP contribution in [0.2, 0.25) is 0 Å². The van der Waals surface area contributed by atoms with Crippen molar-refractivity contribution in [1.29, 1.82) is 0 Å². The second-order valence-electron chi connectivity index (χ2n) is 13.7. The highest BCUT2D eigenvalue weighted by molar-refractivity contribution is 5.90. The zero-order valence-electron chi connectivity index (χ0n) is 29.9. The van der Waals surface area contributed by atoms with Crippen LogP contribution in [0.5, 0.6) is 11.5 Å². The van der Waals surface area contributed by atoms with Crippen molar-refractivity contribution in [3.8, 4) is 44.9 Å². The average molecular weight is 709 g/mol. The highest BCUT2D eigenvalue weighted by Gasteiger charge is 2.45. The van der Waals surface area contributed by atoms with Crippen molar-refractivity contribution >= 4 is 23.8 Å². The van der Waals surface area contributed by atoms with Gasteiger partial charge >= 0.3 is 0 Å². The van der Waals surface area contributed by atoms with E-state index in [1.807, 2.05) is 84.9 Å². The Hall–Kier alpha value is -7.30. The summed E-state index contributed by atoms with van der Waals surface area (Å²) in [6.07, 6.45) is 3.45. The predicted octanol–water partition coefficient (Wildman–Crippen LogP) is 12.3. The highest BCUT2D eigenvalue weighted by atomic mass is 16.3. The van der Waals surface area contributed by atoms with Crippen LogP contribution < -0.4 is 0 Å². The summed E-state index contributed by atoms with van der Waals surface area (Å²) in [4.78, 5) is 9.58. The molecule has 4 heteroatoms. The van der Waals surface area contributed by atoms with Gasteiger partial charge in [-0.25, -0.2) is 0 Å². The molecule has 0 atom stereocenters. The van der Waals surface area contributed by atoms with E-state index in [-0.39, 0.29) is 11.5 Å². The van der Waals surface area contributed by atoms with Crippen molar-refractivity contribution in [2.24, 2.45) is 9.98 Å². The number of aromatic hydroxyl groups is 2. The first-order valence-corrected chi connectivity index (χ1v) is 18.3. The summed E-state index contributed by atoms with van der Waals surface area (Å²) in [6.45, 7) is 0. The quantitative estimate of drug-likeness (QED) is 0.154. The molecule has 0 amide bonds. The van der Waals surface area contributed by atoms with Gasteiger partial charge in [0.25, 0.3) is 0 Å². The number of fused-ring (bicyclic) bond motifs is 3. The van der Waals surface area contributed by atoms with E-state index < -0.39 is 5.41 Å². The molecule has 0 unspecified atom stereocenters. The summed E-state index contributed by atoms with van der Waals surface area (Å²) >= 11 is 0. The third kappa shape index (κ3) is 6.20. The minimum Gasteiger partial charge on any atom is -0.507 e. The van der Waals surface area contributed by atoms with Crippen LogP contribution in [0.3, 0.4) is 0 Å². The third-order valence-corrected chi connectivity index (χ3v) is 10.5. The highest BCUT2D eigenvalue weighted by Crippen LogP contribution is 2.56. The van der Waals surface area contributed by atoms with Crippen molar-refractivity contribution in [1.82, 2.24) is 0 Å². The van der Waals surface area contributed by atoms with Crippen molar-refractivity contribution in [3.63, 3.8) is 0 Å². The molecule has 4 nitrogen and oxygen atoms in total. The van der Waals surface area contributed by atoms with E-state index in [1.54, 1.807) is 24.6 Å². The molecule has 8 aromatic rings. The van der Waals surface area contributed by atoms with Gasteiger partial charge in [0.2, 0.25) is 0 Å². The standard InChI is InChI=1S/C51H36N2O2/c54-49-29-19-37(35-11-3-1-4-12-35)31-39(49)33-52-43-25-21-41(22-26-43)51(47-17-9-7-15-45(47)46-16-8-10-18-48(46)51)42-23-27-44(28-24-42)53-34-40-32-38(20-30-50(40)55)36-13-5-2-6-14-36/h1-34,54-55H. The Morgan fingerprint density at radius 2 is 0.745 bits per heavy atom. The number of hydrogen-bond acceptors (Lipinski definition) is 4. The topological polar surface area (TPSA) is 65.2 Å². The molecule has 9 rings (SSSR count). The second kappa shape index (κ2) is 14.3. The summed E-state index contributed by atoms with van der Waals surface area (Å²) in [6, 6.07) is 65.6. The number of aliphatic imine (C=N–C) groups is 2. The summed E-state index contributed by atoms with van der Waals surface area (Å²) in [5.41, 5.74) is 13.6. The Balaban J connectivity index is 1.08. The summed E-state index contributed by atoms with van der Waals surface area (Å²) in [5, 5.41) is 21.3. The molecule has 0 fully saturated rings. The number of rotatable bonds is 8. The minimum atomic E-state index is -0.581. The van der Waals surface area contributed by atoms with Gasteiger partial charge in [0.15, 0.2) is 0 Å². The zero-order valence-corrected chi connectivity index (χ0v) is 29.9. The van der Waals surface area contributed by atoms with Crippen LogP contribution in [0.25, 0.3) is 33.4 Å². The normalized spacial score (nSPS) is 12.9. The fourth-order valence-electron chi connectivity index (χ4n) is 7.84. The molecular formula is C51H36N2O2. The Labute approximate surface area is 320 Å². The van der Waals surface area contributed by atoms with Crippen LogP contribution in [0.1, 0.15) is 33.4 Å². The SMILES string of the molecule is Oc1ccc(-c2ccccc2)cc1C=Nc1ccc(C2(c3ccc(N=Cc4cc(-c5ccccc5)ccc4O)cc3)c3ccccc3-c3ccccc32)cc1. The van der Waals surface area contributed by atoms with Gasteiger partial charge in [-0.3, -0.25) is 9.98 Å². The van der Waals surface area contributed by atoms with E-state index in [2.05, 4.69) is 97.1 Å². The average Bonchev–Trinajstić information content (AvgIpc) is 3.55. The lowest BCUT2D eigenvalue weighted by Gasteiger charge is -2.34. The van der Waals surface area contributed by atoms with Crippen LogP contribution in [0.4, 0.5) is 11.4 Å². The maximum absolute atomic E-state index is 10.7. The number of phenolic OH excluding ortho intramolecular Hbond substituents is 2. The molecule has 0 saturated heterocycles. The van der Waals surface area contributed by atoms with Crippen molar-refractivity contribution in [2.45, 2.75) is 5.41 Å². The van der Waals surface area contributed by atoms with Gasteiger partial charge in [-0.1, -0.05) is 146 Å². The van der Waals surface area contributed by atoms with E-state index in [0.717, 1.165) is 44.8 Å². The van der Waals surface area contributed by atoms with Gasteiger partial charge in [0, 0.05) is 23.6 Å². The maximum atomic E-state index is 10.7. The van der Waals surface area contributed by atoms with E-state index in [1.165, 1.54) is 22.3 Å². The van der Waals surface area contributed by atoms with Crippen molar-refractivity contribution < 1.29 is 10.2 Å². The van der Waals surface area contributed by atoms with E-state index in [0.29, 0.717) is 11.1 Å². The zero-order chi connectivity index (χ0) is 37.2. The molecule has 0 saturated carbocycles. The van der Waals surface area contributed by atoms with Crippen LogP contribution in [-0.2, 0) is 5.41 Å². The first-order valence-electron chi connectivity index (χ1n) is 18.3. The molecule has 0 heterocycles. The molecule has 262 valence electrons. The Bertz CT molecular complexity index is 2510. The first kappa shape index (κ1) is 33.5. The molecule has 8 aromatic carbocycles. The predicted molar refractivity (Wildman–Crippen MR) is 225 cm³/mol. The summed E-state index contributed by atoms with van der Waals surface area (Å²) < 4.78 is 0. The number of nitrogens with zero attached hydrogens (tertiary/aromatic N) is 2. The van der Waals surface area contributed by atoms with Crippen molar-refractivity contribution in [3.05, 3.63) is 228 Å². The summed E-state index contributed by atoms with van der Waals surface area (Å²) in [5.74, 6) is 0.368. The van der Waals surface area contributed by atoms with E-state index in [4.69, 9.17) is 9.98 Å². The smallest absolute Gasteiger partial charge is 0.124 e. The third-order valence-electron chi connectivity index (χ3n) is 10.5. The van der Waals surface area contributed by atoms with Gasteiger partial charge in [0.05, 0.1) is 16.8 Å². The fourth-order valence-corrected chi connectivity index (χ4v) is 7.84. The minimum absolute atomic E-state index is 0.184. The number of hydrogen-bond donors (Lipinski definition) is 2. The molecule has 1 aliphatic rings. The monoisotopic (exact) mass is 708 g/mol. The maximum Gasteiger partial charge on any atom is 0.124 e. The van der Waals surface area contributed by atoms with E-state index in [9.17, 15) is 10.2 Å². The fraction of sp³-hybridized carbons (Fsp3) is 0.0196. The Morgan fingerprint density at radius 3 is 1.16 bits per heavy atom. The lowest BCUT2D eigenvalue weighted by atomic mass is 9.67. The van der Waals surface area contributed by atoms with Crippen LogP contribution in [0.15, 0.2) is 204 Å².